The predicted octanol–water partition coefficient (Wildman–Crippen LogP) is 2.87. The smallest absolute Gasteiger partial charge is 0.194 e. The van der Waals surface area contributed by atoms with E-state index in [1.807, 2.05) is 0 Å². The highest BCUT2D eigenvalue weighted by atomic mass is 19.2. The monoisotopic (exact) mass is 227 g/mol. The molecule has 1 saturated carbocycles. The van der Waals surface area contributed by atoms with Crippen LogP contribution in [0.1, 0.15) is 18.4 Å². The van der Waals surface area contributed by atoms with Crippen LogP contribution in [0.2, 0.25) is 0 Å². The van der Waals surface area contributed by atoms with Crippen LogP contribution in [0.15, 0.2) is 18.2 Å². The summed E-state index contributed by atoms with van der Waals surface area (Å²) in [5.41, 5.74) is 0.328. The summed E-state index contributed by atoms with van der Waals surface area (Å²) in [4.78, 5) is 0. The Labute approximate surface area is 92.0 Å². The molecule has 16 heavy (non-hydrogen) atoms. The molecule has 1 aromatic rings. The minimum Gasteiger partial charge on any atom is -0.311 e. The molecular formula is C12H12F3N. The van der Waals surface area contributed by atoms with Gasteiger partial charge in [-0.3, -0.25) is 0 Å². The van der Waals surface area contributed by atoms with Crippen LogP contribution in [0.4, 0.5) is 13.2 Å². The fourth-order valence-corrected chi connectivity index (χ4v) is 1.39. The van der Waals surface area contributed by atoms with Gasteiger partial charge in [-0.15, -0.1) is 0 Å². The third kappa shape index (κ3) is 2.85. The Kier molecular flexibility index (Phi) is 3.29. The van der Waals surface area contributed by atoms with Crippen LogP contribution in [0, 0.1) is 17.5 Å². The molecule has 1 nitrogen and oxygen atoms in total. The molecule has 0 saturated heterocycles. The van der Waals surface area contributed by atoms with Crippen molar-refractivity contribution < 1.29 is 13.2 Å². The van der Waals surface area contributed by atoms with Crippen molar-refractivity contribution >= 4 is 6.08 Å². The van der Waals surface area contributed by atoms with Crippen LogP contribution in [-0.2, 0) is 0 Å². The zero-order chi connectivity index (χ0) is 11.5. The number of halogens is 3. The lowest BCUT2D eigenvalue weighted by Gasteiger charge is -1.99. The van der Waals surface area contributed by atoms with E-state index in [4.69, 9.17) is 0 Å². The first-order valence-corrected chi connectivity index (χ1v) is 5.21. The average molecular weight is 227 g/mol. The quantitative estimate of drug-likeness (QED) is 0.780. The highest BCUT2D eigenvalue weighted by Crippen LogP contribution is 2.18. The van der Waals surface area contributed by atoms with Crippen molar-refractivity contribution in [3.63, 3.8) is 0 Å². The molecule has 0 aliphatic heterocycles. The topological polar surface area (TPSA) is 12.0 Å². The summed E-state index contributed by atoms with van der Waals surface area (Å²) >= 11 is 0. The van der Waals surface area contributed by atoms with Gasteiger partial charge >= 0.3 is 0 Å². The lowest BCUT2D eigenvalue weighted by atomic mass is 10.2. The first kappa shape index (κ1) is 11.2. The predicted molar refractivity (Wildman–Crippen MR) is 56.4 cm³/mol. The molecule has 2 rings (SSSR count). The van der Waals surface area contributed by atoms with E-state index >= 15 is 0 Å². The largest absolute Gasteiger partial charge is 0.311 e. The summed E-state index contributed by atoms with van der Waals surface area (Å²) < 4.78 is 38.3. The van der Waals surface area contributed by atoms with E-state index < -0.39 is 17.5 Å². The molecule has 1 N–H and O–H groups in total. The van der Waals surface area contributed by atoms with Gasteiger partial charge in [0.1, 0.15) is 0 Å². The van der Waals surface area contributed by atoms with Crippen molar-refractivity contribution in [1.82, 2.24) is 5.32 Å². The molecular weight excluding hydrogens is 215 g/mol. The van der Waals surface area contributed by atoms with Gasteiger partial charge in [0.25, 0.3) is 0 Å². The van der Waals surface area contributed by atoms with Crippen LogP contribution in [0.5, 0.6) is 0 Å². The van der Waals surface area contributed by atoms with E-state index in [1.165, 1.54) is 12.8 Å². The molecule has 4 heteroatoms. The van der Waals surface area contributed by atoms with Crippen LogP contribution in [0.25, 0.3) is 6.08 Å². The minimum atomic E-state index is -1.42. The van der Waals surface area contributed by atoms with Crippen LogP contribution in [0.3, 0.4) is 0 Å². The molecule has 0 amide bonds. The summed E-state index contributed by atoms with van der Waals surface area (Å²) in [7, 11) is 0. The van der Waals surface area contributed by atoms with Gasteiger partial charge in [0.2, 0.25) is 0 Å². The van der Waals surface area contributed by atoms with Crippen LogP contribution < -0.4 is 5.32 Å². The Hall–Kier alpha value is -1.29. The molecule has 0 bridgehead atoms. The molecule has 1 aliphatic rings. The van der Waals surface area contributed by atoms with E-state index in [9.17, 15) is 13.2 Å². The first-order chi connectivity index (χ1) is 7.66. The first-order valence-electron chi connectivity index (χ1n) is 5.21. The fourth-order valence-electron chi connectivity index (χ4n) is 1.39. The maximum absolute atomic E-state index is 12.8. The fraction of sp³-hybridized carbons (Fsp3) is 0.333. The Morgan fingerprint density at radius 3 is 2.38 bits per heavy atom. The number of nitrogens with one attached hydrogen (secondary N) is 1. The molecule has 0 radical (unpaired) electrons. The second-order valence-corrected chi connectivity index (χ2v) is 3.88. The highest BCUT2D eigenvalue weighted by Gasteiger charge is 2.18. The zero-order valence-electron chi connectivity index (χ0n) is 8.64. The normalized spacial score (nSPS) is 15.9. The minimum absolute atomic E-state index is 0.328. The maximum atomic E-state index is 12.8. The SMILES string of the molecule is Fc1cc(C=CCNC2CC2)cc(F)c1F. The lowest BCUT2D eigenvalue weighted by molar-refractivity contribution is 0.447. The number of rotatable bonds is 4. The average Bonchev–Trinajstić information content (AvgIpc) is 3.04. The lowest BCUT2D eigenvalue weighted by Crippen LogP contribution is -2.15. The summed E-state index contributed by atoms with van der Waals surface area (Å²) in [5, 5.41) is 3.22. The third-order valence-electron chi connectivity index (χ3n) is 2.42. The van der Waals surface area contributed by atoms with E-state index in [0.717, 1.165) is 12.1 Å². The second kappa shape index (κ2) is 4.70. The molecule has 1 aliphatic carbocycles. The van der Waals surface area contributed by atoms with E-state index in [2.05, 4.69) is 5.32 Å². The van der Waals surface area contributed by atoms with Crippen molar-refractivity contribution in [2.45, 2.75) is 18.9 Å². The number of benzene rings is 1. The standard InChI is InChI=1S/C12H12F3N/c13-10-6-8(7-11(14)12(10)15)2-1-5-16-9-3-4-9/h1-2,6-7,9,16H,3-5H2. The zero-order valence-corrected chi connectivity index (χ0v) is 8.64. The van der Waals surface area contributed by atoms with Gasteiger partial charge in [-0.1, -0.05) is 12.2 Å². The van der Waals surface area contributed by atoms with Crippen molar-refractivity contribution in [2.75, 3.05) is 6.54 Å². The van der Waals surface area contributed by atoms with Gasteiger partial charge in [-0.2, -0.15) is 0 Å². The molecule has 1 fully saturated rings. The Morgan fingerprint density at radius 2 is 1.81 bits per heavy atom. The summed E-state index contributed by atoms with van der Waals surface area (Å²) in [6.45, 7) is 0.658. The van der Waals surface area contributed by atoms with Gasteiger partial charge in [0.05, 0.1) is 0 Å². The molecule has 0 aromatic heterocycles. The second-order valence-electron chi connectivity index (χ2n) is 3.88. The molecule has 0 heterocycles. The molecule has 0 unspecified atom stereocenters. The van der Waals surface area contributed by atoms with E-state index in [0.29, 0.717) is 18.2 Å². The maximum Gasteiger partial charge on any atom is 0.194 e. The molecule has 0 atom stereocenters. The van der Waals surface area contributed by atoms with Gasteiger partial charge in [-0.05, 0) is 30.5 Å². The summed E-state index contributed by atoms with van der Waals surface area (Å²) in [5.74, 6) is -3.74. The van der Waals surface area contributed by atoms with Gasteiger partial charge < -0.3 is 5.32 Å². The highest BCUT2D eigenvalue weighted by molar-refractivity contribution is 5.49. The Bertz CT molecular complexity index is 388. The molecule has 0 spiro atoms. The summed E-state index contributed by atoms with van der Waals surface area (Å²) in [6, 6.07) is 2.55. The van der Waals surface area contributed by atoms with Gasteiger partial charge in [0.15, 0.2) is 17.5 Å². The van der Waals surface area contributed by atoms with Crippen molar-refractivity contribution in [1.29, 1.82) is 0 Å². The van der Waals surface area contributed by atoms with Crippen LogP contribution >= 0.6 is 0 Å². The van der Waals surface area contributed by atoms with Gasteiger partial charge in [0, 0.05) is 12.6 Å². The third-order valence-corrected chi connectivity index (χ3v) is 2.42. The molecule has 1 aromatic carbocycles. The van der Waals surface area contributed by atoms with Crippen molar-refractivity contribution in [3.8, 4) is 0 Å². The Morgan fingerprint density at radius 1 is 1.19 bits per heavy atom. The Balaban J connectivity index is 1.97. The number of hydrogen-bond acceptors (Lipinski definition) is 1. The van der Waals surface area contributed by atoms with Crippen molar-refractivity contribution in [3.05, 3.63) is 41.2 Å². The number of hydrogen-bond donors (Lipinski definition) is 1. The summed E-state index contributed by atoms with van der Waals surface area (Å²) in [6.07, 6.45) is 5.71. The molecule has 86 valence electrons. The van der Waals surface area contributed by atoms with E-state index in [-0.39, 0.29) is 0 Å². The van der Waals surface area contributed by atoms with E-state index in [1.54, 1.807) is 12.2 Å². The van der Waals surface area contributed by atoms with Gasteiger partial charge in [-0.25, -0.2) is 13.2 Å². The van der Waals surface area contributed by atoms with Crippen LogP contribution in [-0.4, -0.2) is 12.6 Å². The van der Waals surface area contributed by atoms with Crippen molar-refractivity contribution in [2.24, 2.45) is 0 Å².